The van der Waals surface area contributed by atoms with E-state index in [1.807, 2.05) is 13.8 Å². The molecule has 2 nitrogen and oxygen atoms in total. The number of fused-ring (bicyclic) bond motifs is 1. The highest BCUT2D eigenvalue weighted by Gasteiger charge is 2.49. The van der Waals surface area contributed by atoms with Crippen LogP contribution in [0.3, 0.4) is 0 Å². The third-order valence-electron chi connectivity index (χ3n) is 3.06. The number of benzene rings is 1. The fourth-order valence-corrected chi connectivity index (χ4v) is 2.14. The summed E-state index contributed by atoms with van der Waals surface area (Å²) in [5, 5.41) is 9.41. The minimum Gasteiger partial charge on any atom is -0.487 e. The number of alkyl halides is 4. The SMILES string of the molecule is CC1(C)Cc2cc(C(O)C(F)(F)C(F)F)ccc2O1. The molecule has 0 radical (unpaired) electrons. The van der Waals surface area contributed by atoms with E-state index >= 15 is 0 Å². The Labute approximate surface area is 108 Å². The lowest BCUT2D eigenvalue weighted by molar-refractivity contribution is -0.193. The van der Waals surface area contributed by atoms with Crippen LogP contribution in [0.5, 0.6) is 5.75 Å². The lowest BCUT2D eigenvalue weighted by Crippen LogP contribution is -2.34. The van der Waals surface area contributed by atoms with Crippen molar-refractivity contribution < 1.29 is 27.4 Å². The van der Waals surface area contributed by atoms with Gasteiger partial charge < -0.3 is 9.84 Å². The Morgan fingerprint density at radius 1 is 1.32 bits per heavy atom. The average molecular weight is 278 g/mol. The van der Waals surface area contributed by atoms with Gasteiger partial charge in [-0.25, -0.2) is 8.78 Å². The number of halogens is 4. The third-order valence-corrected chi connectivity index (χ3v) is 3.06. The standard InChI is InChI=1S/C13H14F4O2/c1-12(2)6-8-5-7(3-4-9(8)19-12)10(18)13(16,17)11(14)15/h3-5,10-11,18H,6H2,1-2H3. The molecular formula is C13H14F4O2. The van der Waals surface area contributed by atoms with Crippen LogP contribution in [0.2, 0.25) is 0 Å². The van der Waals surface area contributed by atoms with Gasteiger partial charge in [0, 0.05) is 6.42 Å². The number of aliphatic hydroxyl groups excluding tert-OH is 1. The molecule has 1 unspecified atom stereocenters. The van der Waals surface area contributed by atoms with Gasteiger partial charge in [-0.2, -0.15) is 8.78 Å². The Balaban J connectivity index is 2.30. The summed E-state index contributed by atoms with van der Waals surface area (Å²) in [6, 6.07) is 3.90. The van der Waals surface area contributed by atoms with E-state index in [2.05, 4.69) is 0 Å². The van der Waals surface area contributed by atoms with E-state index in [-0.39, 0.29) is 5.56 Å². The van der Waals surface area contributed by atoms with Crippen molar-refractivity contribution in [3.05, 3.63) is 29.3 Å². The van der Waals surface area contributed by atoms with Crippen LogP contribution in [0, 0.1) is 0 Å². The maximum atomic E-state index is 13.1. The van der Waals surface area contributed by atoms with Gasteiger partial charge in [0.25, 0.3) is 0 Å². The maximum Gasteiger partial charge on any atom is 0.336 e. The van der Waals surface area contributed by atoms with Gasteiger partial charge in [-0.3, -0.25) is 0 Å². The molecule has 1 aliphatic rings. The monoisotopic (exact) mass is 278 g/mol. The van der Waals surface area contributed by atoms with Crippen LogP contribution in [-0.2, 0) is 6.42 Å². The van der Waals surface area contributed by atoms with Crippen molar-refractivity contribution in [1.82, 2.24) is 0 Å². The number of aliphatic hydroxyl groups is 1. The lowest BCUT2D eigenvalue weighted by atomic mass is 9.97. The van der Waals surface area contributed by atoms with Gasteiger partial charge in [0.2, 0.25) is 0 Å². The van der Waals surface area contributed by atoms with E-state index in [0.29, 0.717) is 17.7 Å². The summed E-state index contributed by atoms with van der Waals surface area (Å²) in [5.41, 5.74) is -0.0612. The minimum atomic E-state index is -4.47. The molecule has 1 atom stereocenters. The number of ether oxygens (including phenoxy) is 1. The summed E-state index contributed by atoms with van der Waals surface area (Å²) < 4.78 is 56.2. The van der Waals surface area contributed by atoms with Crippen molar-refractivity contribution in [1.29, 1.82) is 0 Å². The smallest absolute Gasteiger partial charge is 0.336 e. The first-order chi connectivity index (χ1) is 8.63. The van der Waals surface area contributed by atoms with Gasteiger partial charge in [0.1, 0.15) is 17.5 Å². The highest BCUT2D eigenvalue weighted by Crippen LogP contribution is 2.40. The molecule has 0 bridgehead atoms. The van der Waals surface area contributed by atoms with Crippen molar-refractivity contribution >= 4 is 0 Å². The molecule has 1 aromatic rings. The van der Waals surface area contributed by atoms with Gasteiger partial charge in [0.05, 0.1) is 0 Å². The summed E-state index contributed by atoms with van der Waals surface area (Å²) in [7, 11) is 0. The Bertz CT molecular complexity index is 486. The molecule has 1 aromatic carbocycles. The second-order valence-corrected chi connectivity index (χ2v) is 5.28. The second kappa shape index (κ2) is 4.37. The molecule has 1 N–H and O–H groups in total. The first-order valence-electron chi connectivity index (χ1n) is 5.79. The average Bonchev–Trinajstić information content (AvgIpc) is 2.60. The molecule has 6 heteroatoms. The summed E-state index contributed by atoms with van der Waals surface area (Å²) in [4.78, 5) is 0. The van der Waals surface area contributed by atoms with E-state index in [4.69, 9.17) is 4.74 Å². The van der Waals surface area contributed by atoms with E-state index in [9.17, 15) is 22.7 Å². The first kappa shape index (κ1) is 14.1. The van der Waals surface area contributed by atoms with E-state index in [1.54, 1.807) is 0 Å². The van der Waals surface area contributed by atoms with Gasteiger partial charge in [0.15, 0.2) is 0 Å². The summed E-state index contributed by atoms with van der Waals surface area (Å²) >= 11 is 0. The number of hydrogen-bond acceptors (Lipinski definition) is 2. The fourth-order valence-electron chi connectivity index (χ4n) is 2.14. The Morgan fingerprint density at radius 2 is 1.95 bits per heavy atom. The van der Waals surface area contributed by atoms with Crippen molar-refractivity contribution in [2.75, 3.05) is 0 Å². The van der Waals surface area contributed by atoms with Crippen LogP contribution < -0.4 is 4.74 Å². The van der Waals surface area contributed by atoms with Crippen molar-refractivity contribution in [2.45, 2.75) is 44.3 Å². The zero-order valence-corrected chi connectivity index (χ0v) is 10.5. The highest BCUT2D eigenvalue weighted by atomic mass is 19.3. The van der Waals surface area contributed by atoms with Gasteiger partial charge in [-0.15, -0.1) is 0 Å². The molecule has 1 aliphatic heterocycles. The van der Waals surface area contributed by atoms with Gasteiger partial charge in [-0.1, -0.05) is 6.07 Å². The molecule has 19 heavy (non-hydrogen) atoms. The second-order valence-electron chi connectivity index (χ2n) is 5.28. The molecular weight excluding hydrogens is 264 g/mol. The quantitative estimate of drug-likeness (QED) is 0.859. The van der Waals surface area contributed by atoms with Crippen LogP contribution in [0.25, 0.3) is 0 Å². The van der Waals surface area contributed by atoms with Gasteiger partial charge in [-0.05, 0) is 37.1 Å². The molecule has 0 saturated heterocycles. The van der Waals surface area contributed by atoms with E-state index < -0.39 is 24.1 Å². The zero-order valence-electron chi connectivity index (χ0n) is 10.5. The normalized spacial score (nSPS) is 19.2. The van der Waals surface area contributed by atoms with Crippen molar-refractivity contribution in [3.63, 3.8) is 0 Å². The number of hydrogen-bond donors (Lipinski definition) is 1. The highest BCUT2D eigenvalue weighted by molar-refractivity contribution is 5.42. The molecule has 1 heterocycles. The number of rotatable bonds is 3. The van der Waals surface area contributed by atoms with E-state index in [0.717, 1.165) is 0 Å². The summed E-state index contributed by atoms with van der Waals surface area (Å²) in [6.07, 6.45) is -5.96. The van der Waals surface area contributed by atoms with Crippen LogP contribution in [0.1, 0.15) is 31.1 Å². The van der Waals surface area contributed by atoms with Crippen molar-refractivity contribution in [2.24, 2.45) is 0 Å². The Hall–Kier alpha value is -1.30. The van der Waals surface area contributed by atoms with Crippen LogP contribution in [0.15, 0.2) is 18.2 Å². The molecule has 106 valence electrons. The maximum absolute atomic E-state index is 13.1. The van der Waals surface area contributed by atoms with Gasteiger partial charge >= 0.3 is 12.3 Å². The largest absolute Gasteiger partial charge is 0.487 e. The molecule has 0 saturated carbocycles. The molecule has 0 fully saturated rings. The molecule has 0 aliphatic carbocycles. The van der Waals surface area contributed by atoms with Crippen molar-refractivity contribution in [3.8, 4) is 5.75 Å². The molecule has 0 spiro atoms. The predicted octanol–water partition coefficient (Wildman–Crippen LogP) is 3.33. The predicted molar refractivity (Wildman–Crippen MR) is 60.8 cm³/mol. The van der Waals surface area contributed by atoms with Crippen LogP contribution >= 0.6 is 0 Å². The third kappa shape index (κ3) is 2.54. The lowest BCUT2D eigenvalue weighted by Gasteiger charge is -2.22. The van der Waals surface area contributed by atoms with E-state index in [1.165, 1.54) is 18.2 Å². The molecule has 0 amide bonds. The summed E-state index contributed by atoms with van der Waals surface area (Å²) in [6.45, 7) is 3.66. The first-order valence-corrected chi connectivity index (χ1v) is 5.79. The molecule has 2 rings (SSSR count). The fraction of sp³-hybridized carbons (Fsp3) is 0.538. The topological polar surface area (TPSA) is 29.5 Å². The van der Waals surface area contributed by atoms with Crippen LogP contribution in [-0.4, -0.2) is 23.1 Å². The zero-order chi connectivity index (χ0) is 14.4. The molecule has 0 aromatic heterocycles. The summed E-state index contributed by atoms with van der Waals surface area (Å²) in [5.74, 6) is -3.94. The Morgan fingerprint density at radius 3 is 2.53 bits per heavy atom. The minimum absolute atomic E-state index is 0.231. The van der Waals surface area contributed by atoms with Crippen LogP contribution in [0.4, 0.5) is 17.6 Å². The Kier molecular flexibility index (Phi) is 3.24.